The molecule has 1 heterocycles. The molecule has 7 atom stereocenters. The summed E-state index contributed by atoms with van der Waals surface area (Å²) in [5, 5.41) is 53.3. The minimum atomic E-state index is -1.55. The predicted molar refractivity (Wildman–Crippen MR) is 180 cm³/mol. The lowest BCUT2D eigenvalue weighted by atomic mass is 9.99. The van der Waals surface area contributed by atoms with Crippen molar-refractivity contribution in [1.82, 2.24) is 5.32 Å². The maximum Gasteiger partial charge on any atom is 0.220 e. The lowest BCUT2D eigenvalue weighted by Crippen LogP contribution is -2.60. The zero-order valence-electron chi connectivity index (χ0n) is 28.6. The summed E-state index contributed by atoms with van der Waals surface area (Å²) in [6, 6.07) is -0.711. The molecule has 0 spiro atoms. The van der Waals surface area contributed by atoms with Crippen LogP contribution in [0.5, 0.6) is 0 Å². The Morgan fingerprint density at radius 3 is 1.80 bits per heavy atom. The van der Waals surface area contributed by atoms with Gasteiger partial charge in [0.15, 0.2) is 6.29 Å². The summed E-state index contributed by atoms with van der Waals surface area (Å²) < 4.78 is 11.1. The van der Waals surface area contributed by atoms with Gasteiger partial charge in [-0.1, -0.05) is 122 Å². The molecule has 0 aliphatic carbocycles. The molecule has 1 aliphatic rings. The van der Waals surface area contributed by atoms with Gasteiger partial charge in [-0.15, -0.1) is 0 Å². The van der Waals surface area contributed by atoms with Gasteiger partial charge in [-0.2, -0.15) is 0 Å². The highest BCUT2D eigenvalue weighted by Crippen LogP contribution is 2.22. The van der Waals surface area contributed by atoms with Crippen LogP contribution in [-0.2, 0) is 14.3 Å². The molecule has 0 aromatic heterocycles. The minimum Gasteiger partial charge on any atom is -0.394 e. The van der Waals surface area contributed by atoms with Crippen molar-refractivity contribution in [2.75, 3.05) is 13.2 Å². The largest absolute Gasteiger partial charge is 0.394 e. The Balaban J connectivity index is 2.20. The number of aliphatic hydroxyl groups excluding tert-OH is 5. The molecule has 6 N–H and O–H groups in total. The Morgan fingerprint density at radius 2 is 1.24 bits per heavy atom. The first-order chi connectivity index (χ1) is 21.8. The van der Waals surface area contributed by atoms with E-state index in [0.717, 1.165) is 38.5 Å². The van der Waals surface area contributed by atoms with E-state index in [1.165, 1.54) is 89.9 Å². The molecule has 0 saturated carbocycles. The van der Waals surface area contributed by atoms with Crippen molar-refractivity contribution in [3.8, 4) is 0 Å². The highest BCUT2D eigenvalue weighted by molar-refractivity contribution is 5.76. The Morgan fingerprint density at radius 1 is 0.733 bits per heavy atom. The van der Waals surface area contributed by atoms with E-state index in [-0.39, 0.29) is 12.5 Å². The lowest BCUT2D eigenvalue weighted by molar-refractivity contribution is -0.302. The Hall–Kier alpha value is -1.07. The second-order valence-electron chi connectivity index (χ2n) is 13.0. The van der Waals surface area contributed by atoms with Gasteiger partial charge in [-0.3, -0.25) is 4.79 Å². The van der Waals surface area contributed by atoms with E-state index >= 15 is 0 Å². The number of nitrogens with one attached hydrogen (secondary N) is 1. The SMILES string of the molecule is CCCCCCCC/C=C\CCCCCCCCCCCC(=O)NC(COC1OC(CO)C(O)C(O)C1O)C(O)CCCCC. The fourth-order valence-electron chi connectivity index (χ4n) is 5.80. The molecule has 9 heteroatoms. The number of aliphatic hydroxyl groups is 5. The highest BCUT2D eigenvalue weighted by atomic mass is 16.7. The van der Waals surface area contributed by atoms with Crippen molar-refractivity contribution in [3.05, 3.63) is 12.2 Å². The molecule has 0 aromatic rings. The van der Waals surface area contributed by atoms with Crippen LogP contribution in [0.25, 0.3) is 0 Å². The zero-order valence-corrected chi connectivity index (χ0v) is 28.6. The average Bonchev–Trinajstić information content (AvgIpc) is 3.03. The van der Waals surface area contributed by atoms with Crippen LogP contribution in [-0.4, -0.2) is 87.5 Å². The number of amides is 1. The van der Waals surface area contributed by atoms with Crippen molar-refractivity contribution in [3.63, 3.8) is 0 Å². The maximum absolute atomic E-state index is 12.7. The summed E-state index contributed by atoms with van der Waals surface area (Å²) in [4.78, 5) is 12.7. The first kappa shape index (κ1) is 42.0. The van der Waals surface area contributed by atoms with Crippen molar-refractivity contribution < 1.29 is 39.8 Å². The molecule has 0 radical (unpaired) electrons. The summed E-state index contributed by atoms with van der Waals surface area (Å²) >= 11 is 0. The van der Waals surface area contributed by atoms with Crippen LogP contribution >= 0.6 is 0 Å². The molecule has 0 bridgehead atoms. The standard InChI is InChI=1S/C36H69NO8/c1-3-5-7-8-9-10-11-12-13-14-15-16-17-18-19-20-21-22-24-26-32(40)37-29(30(39)25-23-6-4-2)28-44-36-35(43)34(42)33(41)31(27-38)45-36/h12-13,29-31,33-36,38-39,41-43H,3-11,14-28H2,1-2H3,(H,37,40)/b13-12-. The topological polar surface area (TPSA) is 149 Å². The smallest absolute Gasteiger partial charge is 0.220 e. The van der Waals surface area contributed by atoms with E-state index in [2.05, 4.69) is 31.3 Å². The molecule has 1 saturated heterocycles. The van der Waals surface area contributed by atoms with Gasteiger partial charge < -0.3 is 40.3 Å². The van der Waals surface area contributed by atoms with E-state index in [4.69, 9.17) is 9.47 Å². The first-order valence-corrected chi connectivity index (χ1v) is 18.4. The van der Waals surface area contributed by atoms with Crippen LogP contribution < -0.4 is 5.32 Å². The Labute approximate surface area is 274 Å². The number of rotatable bonds is 29. The monoisotopic (exact) mass is 644 g/mol. The van der Waals surface area contributed by atoms with Gasteiger partial charge in [0.05, 0.1) is 25.4 Å². The second-order valence-corrected chi connectivity index (χ2v) is 13.0. The fraction of sp³-hybridized carbons (Fsp3) is 0.917. The Kier molecular flexibility index (Phi) is 26.1. The molecule has 9 nitrogen and oxygen atoms in total. The van der Waals surface area contributed by atoms with Crippen molar-refractivity contribution >= 4 is 5.91 Å². The normalized spacial score (nSPS) is 23.4. The lowest BCUT2D eigenvalue weighted by Gasteiger charge is -2.40. The number of hydrogen-bond donors (Lipinski definition) is 6. The zero-order chi connectivity index (χ0) is 33.1. The molecule has 1 rings (SSSR count). The first-order valence-electron chi connectivity index (χ1n) is 18.4. The van der Waals surface area contributed by atoms with Crippen LogP contribution in [0.1, 0.15) is 155 Å². The molecule has 7 unspecified atom stereocenters. The fourth-order valence-corrected chi connectivity index (χ4v) is 5.80. The Bertz CT molecular complexity index is 721. The van der Waals surface area contributed by atoms with Gasteiger partial charge in [0, 0.05) is 6.42 Å². The molecule has 0 aromatic carbocycles. The van der Waals surface area contributed by atoms with Gasteiger partial charge in [-0.25, -0.2) is 0 Å². The van der Waals surface area contributed by atoms with Crippen molar-refractivity contribution in [2.45, 2.75) is 198 Å². The predicted octanol–water partition coefficient (Wildman–Crippen LogP) is 5.83. The molecular formula is C36H69NO8. The second kappa shape index (κ2) is 28.0. The highest BCUT2D eigenvalue weighted by Gasteiger charge is 2.44. The van der Waals surface area contributed by atoms with Crippen molar-refractivity contribution in [1.29, 1.82) is 0 Å². The summed E-state index contributed by atoms with van der Waals surface area (Å²) in [6.07, 6.45) is 21.6. The molecule has 1 fully saturated rings. The summed E-state index contributed by atoms with van der Waals surface area (Å²) in [7, 11) is 0. The van der Waals surface area contributed by atoms with E-state index in [0.29, 0.717) is 12.8 Å². The summed E-state index contributed by atoms with van der Waals surface area (Å²) in [5.74, 6) is -0.159. The number of allylic oxidation sites excluding steroid dienone is 2. The van der Waals surface area contributed by atoms with Gasteiger partial charge >= 0.3 is 0 Å². The van der Waals surface area contributed by atoms with E-state index < -0.39 is 49.5 Å². The number of unbranched alkanes of at least 4 members (excludes halogenated alkanes) is 17. The summed E-state index contributed by atoms with van der Waals surface area (Å²) in [5.41, 5.74) is 0. The molecule has 266 valence electrons. The van der Waals surface area contributed by atoms with Crippen LogP contribution in [0, 0.1) is 0 Å². The average molecular weight is 644 g/mol. The third-order valence-electron chi connectivity index (χ3n) is 8.87. The third kappa shape index (κ3) is 20.0. The van der Waals surface area contributed by atoms with Gasteiger partial charge in [0.1, 0.15) is 24.4 Å². The quantitative estimate of drug-likeness (QED) is 0.0441. The van der Waals surface area contributed by atoms with Crippen LogP contribution in [0.2, 0.25) is 0 Å². The number of hydrogen-bond acceptors (Lipinski definition) is 8. The van der Waals surface area contributed by atoms with E-state index in [9.17, 15) is 30.3 Å². The number of ether oxygens (including phenoxy) is 2. The van der Waals surface area contributed by atoms with Gasteiger partial charge in [-0.05, 0) is 38.5 Å². The van der Waals surface area contributed by atoms with E-state index in [1.807, 2.05) is 0 Å². The minimum absolute atomic E-state index is 0.142. The molecule has 45 heavy (non-hydrogen) atoms. The number of carbonyl (C=O) groups is 1. The van der Waals surface area contributed by atoms with Gasteiger partial charge in [0.25, 0.3) is 0 Å². The maximum atomic E-state index is 12.7. The van der Waals surface area contributed by atoms with Crippen molar-refractivity contribution in [2.24, 2.45) is 0 Å². The molecular weight excluding hydrogens is 574 g/mol. The third-order valence-corrected chi connectivity index (χ3v) is 8.87. The van der Waals surface area contributed by atoms with Crippen LogP contribution in [0.15, 0.2) is 12.2 Å². The van der Waals surface area contributed by atoms with Crippen LogP contribution in [0.4, 0.5) is 0 Å². The van der Waals surface area contributed by atoms with Gasteiger partial charge in [0.2, 0.25) is 5.91 Å². The van der Waals surface area contributed by atoms with Crippen LogP contribution in [0.3, 0.4) is 0 Å². The summed E-state index contributed by atoms with van der Waals surface area (Å²) in [6.45, 7) is 3.64. The van der Waals surface area contributed by atoms with E-state index in [1.54, 1.807) is 0 Å². The molecule has 1 amide bonds. The molecule has 1 aliphatic heterocycles. The number of carbonyl (C=O) groups excluding carboxylic acids is 1.